The van der Waals surface area contributed by atoms with Crippen molar-refractivity contribution in [1.82, 2.24) is 20.2 Å². The fraction of sp³-hybridized carbons (Fsp3) is 0.571. The first-order chi connectivity index (χ1) is 18.6. The molecule has 0 radical (unpaired) electrons. The number of hydrogen-bond acceptors (Lipinski definition) is 7. The van der Waals surface area contributed by atoms with Crippen LogP contribution in [0.3, 0.4) is 0 Å². The first-order valence-electron chi connectivity index (χ1n) is 13.4. The second-order valence-electron chi connectivity index (χ2n) is 10.3. The Balaban J connectivity index is 1.86. The standard InChI is InChI=1S/C28H39FN4O6/c1-17-6-4-10-30-25(36)9-8-18(2)26(19(3)16-34)39-28(38)23-7-5-11-33(23)27(37)22-15-31-24(32-22)14-20(29)13-21(35)12-17/h4,6,8-9,12,15,18-21,23,26,34-35H,5,7,10-11,13-14,16H2,1-3H3,(H,30,36)(H,31,32)/b6-4?,9-8+,17-12?/t18-,19+,20-,21-,23-,26+/m1/s1. The maximum atomic E-state index is 14.7. The Labute approximate surface area is 228 Å². The molecule has 1 aromatic rings. The lowest BCUT2D eigenvalue weighted by atomic mass is 9.93. The molecule has 1 saturated heterocycles. The third kappa shape index (κ3) is 8.59. The lowest BCUT2D eigenvalue weighted by Gasteiger charge is -2.30. The summed E-state index contributed by atoms with van der Waals surface area (Å²) in [5.41, 5.74) is 0.847. The van der Waals surface area contributed by atoms with Crippen LogP contribution in [0.1, 0.15) is 56.3 Å². The van der Waals surface area contributed by atoms with Crippen molar-refractivity contribution in [2.75, 3.05) is 19.7 Å². The minimum Gasteiger partial charge on any atom is -0.460 e. The zero-order chi connectivity index (χ0) is 28.5. The molecular weight excluding hydrogens is 507 g/mol. The average Bonchev–Trinajstić information content (AvgIpc) is 3.57. The van der Waals surface area contributed by atoms with E-state index < -0.39 is 42.2 Å². The van der Waals surface area contributed by atoms with Crippen LogP contribution in [0.15, 0.2) is 42.2 Å². The summed E-state index contributed by atoms with van der Waals surface area (Å²) in [4.78, 5) is 47.1. The number of alkyl halides is 1. The number of fused-ring (bicyclic) bond motifs is 3. The van der Waals surface area contributed by atoms with Gasteiger partial charge in [0, 0.05) is 44.4 Å². The van der Waals surface area contributed by atoms with Gasteiger partial charge in [0.2, 0.25) is 5.91 Å². The minimum atomic E-state index is -1.41. The van der Waals surface area contributed by atoms with Gasteiger partial charge in [-0.25, -0.2) is 14.2 Å². The number of amides is 2. The Morgan fingerprint density at radius 1 is 1.28 bits per heavy atom. The van der Waals surface area contributed by atoms with Crippen LogP contribution in [0.5, 0.6) is 0 Å². The number of carbonyl (C=O) groups is 3. The highest BCUT2D eigenvalue weighted by molar-refractivity contribution is 5.95. The van der Waals surface area contributed by atoms with Gasteiger partial charge in [0.05, 0.1) is 12.3 Å². The van der Waals surface area contributed by atoms with Crippen LogP contribution in [0.2, 0.25) is 0 Å². The number of ether oxygens (including phenoxy) is 1. The molecule has 39 heavy (non-hydrogen) atoms. The van der Waals surface area contributed by atoms with E-state index in [0.29, 0.717) is 25.0 Å². The quantitative estimate of drug-likeness (QED) is 0.415. The summed E-state index contributed by atoms with van der Waals surface area (Å²) >= 11 is 0. The Bertz CT molecular complexity index is 1100. The molecule has 4 N–H and O–H groups in total. The lowest BCUT2D eigenvalue weighted by Crippen LogP contribution is -2.44. The van der Waals surface area contributed by atoms with E-state index in [9.17, 15) is 29.0 Å². The highest BCUT2D eigenvalue weighted by Crippen LogP contribution is 2.25. The first kappa shape index (κ1) is 30.2. The fourth-order valence-electron chi connectivity index (χ4n) is 4.84. The van der Waals surface area contributed by atoms with Gasteiger partial charge in [0.25, 0.3) is 5.91 Å². The number of aliphatic hydroxyl groups is 2. The van der Waals surface area contributed by atoms with Crippen LogP contribution in [0.25, 0.3) is 0 Å². The first-order valence-corrected chi connectivity index (χ1v) is 13.4. The molecule has 10 nitrogen and oxygen atoms in total. The van der Waals surface area contributed by atoms with Crippen molar-refractivity contribution in [3.05, 3.63) is 53.7 Å². The van der Waals surface area contributed by atoms with Crippen molar-refractivity contribution in [3.8, 4) is 0 Å². The number of H-pyrrole nitrogens is 1. The van der Waals surface area contributed by atoms with Gasteiger partial charge in [0.1, 0.15) is 29.8 Å². The molecule has 11 heteroatoms. The molecule has 0 aromatic carbocycles. The number of allylic oxidation sites excluding steroid dienone is 2. The van der Waals surface area contributed by atoms with Gasteiger partial charge in [-0.05, 0) is 25.8 Å². The van der Waals surface area contributed by atoms with Crippen molar-refractivity contribution in [2.24, 2.45) is 11.8 Å². The van der Waals surface area contributed by atoms with Crippen LogP contribution < -0.4 is 5.32 Å². The molecule has 0 spiro atoms. The maximum absolute atomic E-state index is 14.7. The molecule has 0 aliphatic carbocycles. The van der Waals surface area contributed by atoms with E-state index in [4.69, 9.17) is 4.74 Å². The van der Waals surface area contributed by atoms with E-state index in [0.717, 1.165) is 0 Å². The molecule has 2 aliphatic heterocycles. The van der Waals surface area contributed by atoms with E-state index in [1.807, 2.05) is 0 Å². The van der Waals surface area contributed by atoms with Crippen LogP contribution in [-0.4, -0.2) is 87.0 Å². The van der Waals surface area contributed by atoms with Crippen molar-refractivity contribution < 1.29 is 33.7 Å². The van der Waals surface area contributed by atoms with E-state index in [2.05, 4.69) is 15.3 Å². The predicted molar refractivity (Wildman–Crippen MR) is 142 cm³/mol. The van der Waals surface area contributed by atoms with Gasteiger partial charge in [-0.3, -0.25) is 9.59 Å². The zero-order valence-corrected chi connectivity index (χ0v) is 22.7. The number of aromatic nitrogens is 2. The number of aliphatic hydroxyl groups excluding tert-OH is 2. The van der Waals surface area contributed by atoms with Crippen LogP contribution in [0.4, 0.5) is 4.39 Å². The van der Waals surface area contributed by atoms with E-state index in [1.165, 1.54) is 23.2 Å². The summed E-state index contributed by atoms with van der Waals surface area (Å²) in [7, 11) is 0. The number of cyclic esters (lactones) is 1. The molecule has 3 rings (SSSR count). The zero-order valence-electron chi connectivity index (χ0n) is 22.7. The molecule has 2 amide bonds. The molecule has 2 bridgehead atoms. The van der Waals surface area contributed by atoms with Crippen molar-refractivity contribution >= 4 is 17.8 Å². The maximum Gasteiger partial charge on any atom is 0.329 e. The monoisotopic (exact) mass is 546 g/mol. The number of nitrogens with one attached hydrogen (secondary N) is 2. The SMILES string of the molecule is CC1=C[C@@H](O)C[C@@H](F)Cc2ncc([nH]2)C(=O)N2CCC[C@@H]2C(=O)O[C@H]([C@@H](C)CO)[C@H](C)/C=C/C(=O)NCC=C1. The van der Waals surface area contributed by atoms with Crippen molar-refractivity contribution in [1.29, 1.82) is 0 Å². The summed E-state index contributed by atoms with van der Waals surface area (Å²) < 4.78 is 20.5. The molecule has 1 aromatic heterocycles. The number of aromatic amines is 1. The highest BCUT2D eigenvalue weighted by atomic mass is 19.1. The number of halogens is 1. The number of rotatable bonds is 2. The van der Waals surface area contributed by atoms with E-state index >= 15 is 0 Å². The molecule has 1 fully saturated rings. The van der Waals surface area contributed by atoms with Crippen molar-refractivity contribution in [3.63, 3.8) is 0 Å². The van der Waals surface area contributed by atoms with Gasteiger partial charge in [-0.15, -0.1) is 0 Å². The topological polar surface area (TPSA) is 145 Å². The number of carbonyl (C=O) groups excluding carboxylic acids is 3. The Hall–Kier alpha value is -3.31. The number of nitrogens with zero attached hydrogens (tertiary/aromatic N) is 2. The van der Waals surface area contributed by atoms with Crippen molar-refractivity contribution in [2.45, 2.75) is 70.9 Å². The second kappa shape index (κ2) is 14.2. The molecule has 0 saturated carbocycles. The predicted octanol–water partition coefficient (Wildman–Crippen LogP) is 2.01. The molecule has 2 aliphatic rings. The molecule has 214 valence electrons. The van der Waals surface area contributed by atoms with Gasteiger partial charge < -0.3 is 30.2 Å². The van der Waals surface area contributed by atoms with Crippen LogP contribution >= 0.6 is 0 Å². The fourth-order valence-corrected chi connectivity index (χ4v) is 4.84. The Kier molecular flexibility index (Phi) is 11.0. The minimum absolute atomic E-state index is 0.115. The van der Waals surface area contributed by atoms with Gasteiger partial charge >= 0.3 is 5.97 Å². The summed E-state index contributed by atoms with van der Waals surface area (Å²) in [5, 5.41) is 22.7. The van der Waals surface area contributed by atoms with E-state index in [1.54, 1.807) is 39.0 Å². The normalized spacial score (nSPS) is 29.7. The molecule has 0 unspecified atom stereocenters. The van der Waals surface area contributed by atoms with Gasteiger partial charge in [0.15, 0.2) is 0 Å². The lowest BCUT2D eigenvalue weighted by molar-refractivity contribution is -0.159. The second-order valence-corrected chi connectivity index (χ2v) is 10.3. The van der Waals surface area contributed by atoms with Gasteiger partial charge in [-0.2, -0.15) is 0 Å². The number of imidazole rings is 1. The summed E-state index contributed by atoms with van der Waals surface area (Å²) in [6, 6.07) is -0.815. The van der Waals surface area contributed by atoms with Gasteiger partial charge in [-0.1, -0.05) is 43.7 Å². The average molecular weight is 547 g/mol. The molecule has 3 heterocycles. The molecule has 6 atom stereocenters. The van der Waals surface area contributed by atoms with Crippen LogP contribution in [-0.2, 0) is 20.7 Å². The summed E-state index contributed by atoms with van der Waals surface area (Å²) in [5.74, 6) is -1.90. The number of esters is 1. The summed E-state index contributed by atoms with van der Waals surface area (Å²) in [6.45, 7) is 5.65. The van der Waals surface area contributed by atoms with E-state index in [-0.39, 0.29) is 49.3 Å². The van der Waals surface area contributed by atoms with Crippen LogP contribution in [0, 0.1) is 11.8 Å². The Morgan fingerprint density at radius 3 is 2.79 bits per heavy atom. The number of hydrogen-bond donors (Lipinski definition) is 4. The third-order valence-corrected chi connectivity index (χ3v) is 6.96. The highest BCUT2D eigenvalue weighted by Gasteiger charge is 2.38. The smallest absolute Gasteiger partial charge is 0.329 e. The Morgan fingerprint density at radius 2 is 2.05 bits per heavy atom. The summed E-state index contributed by atoms with van der Waals surface area (Å²) in [6.07, 6.45) is 6.88. The molecular formula is C28H39FN4O6. The largest absolute Gasteiger partial charge is 0.460 e. The third-order valence-electron chi connectivity index (χ3n) is 6.96.